The molecule has 8 heteroatoms. The van der Waals surface area contributed by atoms with E-state index in [0.717, 1.165) is 5.56 Å². The number of nitrogens with one attached hydrogen (secondary N) is 1. The number of carbonyl (C=O) groups is 1. The quantitative estimate of drug-likeness (QED) is 0.705. The first-order valence-corrected chi connectivity index (χ1v) is 11.9. The number of methoxy groups -OCH3 is 1. The van der Waals surface area contributed by atoms with Crippen LogP contribution in [0.1, 0.15) is 49.2 Å². The highest BCUT2D eigenvalue weighted by atomic mass is 32.2. The normalized spacial score (nSPS) is 20.8. The lowest BCUT2D eigenvalue weighted by molar-refractivity contribution is -0.0440. The molecule has 3 atom stereocenters. The van der Waals surface area contributed by atoms with Crippen molar-refractivity contribution in [2.24, 2.45) is 0 Å². The predicted molar refractivity (Wildman–Crippen MR) is 119 cm³/mol. The van der Waals surface area contributed by atoms with Gasteiger partial charge < -0.3 is 14.8 Å². The second-order valence-electron chi connectivity index (χ2n) is 7.78. The van der Waals surface area contributed by atoms with Gasteiger partial charge in [0.25, 0.3) is 5.91 Å². The fourth-order valence-electron chi connectivity index (χ4n) is 3.87. The average Bonchev–Trinajstić information content (AvgIpc) is 2.76. The Hall–Kier alpha value is -2.42. The van der Waals surface area contributed by atoms with Crippen LogP contribution in [-0.2, 0) is 14.8 Å². The molecule has 0 spiro atoms. The molecule has 2 aromatic rings. The minimum atomic E-state index is -3.73. The Balaban J connectivity index is 1.83. The Bertz CT molecular complexity index is 1010. The van der Waals surface area contributed by atoms with Gasteiger partial charge in [-0.2, -0.15) is 4.31 Å². The Morgan fingerprint density at radius 3 is 2.48 bits per heavy atom. The molecule has 1 saturated heterocycles. The monoisotopic (exact) mass is 446 g/mol. The molecular weight excluding hydrogens is 416 g/mol. The molecule has 168 valence electrons. The molecule has 0 aliphatic carbocycles. The van der Waals surface area contributed by atoms with Gasteiger partial charge in [-0.05, 0) is 44.5 Å². The minimum Gasteiger partial charge on any atom is -0.496 e. The van der Waals surface area contributed by atoms with Crippen LogP contribution in [-0.4, -0.2) is 51.0 Å². The van der Waals surface area contributed by atoms with Gasteiger partial charge in [0.1, 0.15) is 5.75 Å². The number of rotatable bonds is 7. The first-order valence-electron chi connectivity index (χ1n) is 10.5. The van der Waals surface area contributed by atoms with E-state index >= 15 is 0 Å². The fourth-order valence-corrected chi connectivity index (χ4v) is 5.51. The molecule has 1 aliphatic rings. The zero-order valence-corrected chi connectivity index (χ0v) is 19.2. The molecule has 0 saturated carbocycles. The Morgan fingerprint density at radius 1 is 1.16 bits per heavy atom. The van der Waals surface area contributed by atoms with Gasteiger partial charge in [-0.1, -0.05) is 31.2 Å². The molecule has 2 aromatic carbocycles. The van der Waals surface area contributed by atoms with Crippen LogP contribution in [0, 0.1) is 0 Å². The van der Waals surface area contributed by atoms with Crippen molar-refractivity contribution in [3.05, 3.63) is 59.7 Å². The number of hydrogen-bond donors (Lipinski definition) is 1. The van der Waals surface area contributed by atoms with Gasteiger partial charge in [-0.25, -0.2) is 8.42 Å². The second kappa shape index (κ2) is 9.80. The zero-order valence-electron chi connectivity index (χ0n) is 18.4. The van der Waals surface area contributed by atoms with Gasteiger partial charge in [0.2, 0.25) is 10.0 Å². The van der Waals surface area contributed by atoms with E-state index in [1.165, 1.54) is 16.4 Å². The predicted octanol–water partition coefficient (Wildman–Crippen LogP) is 3.37. The summed E-state index contributed by atoms with van der Waals surface area (Å²) < 4.78 is 38.8. The van der Waals surface area contributed by atoms with E-state index in [0.29, 0.717) is 17.7 Å². The molecule has 1 amide bonds. The second-order valence-corrected chi connectivity index (χ2v) is 9.72. The minimum absolute atomic E-state index is 0.104. The molecule has 3 rings (SSSR count). The van der Waals surface area contributed by atoms with Crippen LogP contribution in [0.15, 0.2) is 53.4 Å². The van der Waals surface area contributed by atoms with Crippen LogP contribution in [0.5, 0.6) is 5.75 Å². The van der Waals surface area contributed by atoms with E-state index in [1.807, 2.05) is 45.0 Å². The number of amides is 1. The maximum atomic E-state index is 13.2. The standard InChI is InChI=1S/C23H30N2O5S/c1-5-21(20-11-6-7-12-22(20)29-4)24-23(26)18-9-8-10-19(13-18)31(27,28)25-14-16(2)30-17(3)15-25/h6-13,16-17,21H,5,14-15H2,1-4H3,(H,24,26). The fraction of sp³-hybridized carbons (Fsp3) is 0.435. The van der Waals surface area contributed by atoms with E-state index < -0.39 is 10.0 Å². The third-order valence-corrected chi connectivity index (χ3v) is 7.18. The molecule has 1 aliphatic heterocycles. The van der Waals surface area contributed by atoms with Crippen LogP contribution in [0.2, 0.25) is 0 Å². The summed E-state index contributed by atoms with van der Waals surface area (Å²) in [5.74, 6) is 0.361. The van der Waals surface area contributed by atoms with E-state index in [-0.39, 0.29) is 42.1 Å². The molecule has 31 heavy (non-hydrogen) atoms. The Labute approximate surface area is 184 Å². The highest BCUT2D eigenvalue weighted by molar-refractivity contribution is 7.89. The number of carbonyl (C=O) groups excluding carboxylic acids is 1. The van der Waals surface area contributed by atoms with Gasteiger partial charge in [0.05, 0.1) is 30.3 Å². The molecule has 1 N–H and O–H groups in total. The molecular formula is C23H30N2O5S. The third kappa shape index (κ3) is 5.26. The van der Waals surface area contributed by atoms with E-state index in [1.54, 1.807) is 19.2 Å². The van der Waals surface area contributed by atoms with Crippen molar-refractivity contribution < 1.29 is 22.7 Å². The van der Waals surface area contributed by atoms with Crippen LogP contribution < -0.4 is 10.1 Å². The largest absolute Gasteiger partial charge is 0.496 e. The van der Waals surface area contributed by atoms with Crippen LogP contribution in [0.25, 0.3) is 0 Å². The molecule has 0 radical (unpaired) electrons. The summed E-state index contributed by atoms with van der Waals surface area (Å²) in [7, 11) is -2.14. The number of sulfonamides is 1. The van der Waals surface area contributed by atoms with Crippen molar-refractivity contribution >= 4 is 15.9 Å². The lowest BCUT2D eigenvalue weighted by atomic mass is 10.0. The van der Waals surface area contributed by atoms with Gasteiger partial charge in [-0.15, -0.1) is 0 Å². The van der Waals surface area contributed by atoms with Crippen molar-refractivity contribution in [3.63, 3.8) is 0 Å². The summed E-state index contributed by atoms with van der Waals surface area (Å²) >= 11 is 0. The number of para-hydroxylation sites is 1. The van der Waals surface area contributed by atoms with Crippen molar-refractivity contribution in [3.8, 4) is 5.75 Å². The molecule has 3 unspecified atom stereocenters. The van der Waals surface area contributed by atoms with E-state index in [9.17, 15) is 13.2 Å². The summed E-state index contributed by atoms with van der Waals surface area (Å²) in [6.07, 6.45) is 0.292. The van der Waals surface area contributed by atoms with Crippen LogP contribution in [0.4, 0.5) is 0 Å². The topological polar surface area (TPSA) is 84.9 Å². The van der Waals surface area contributed by atoms with E-state index in [4.69, 9.17) is 9.47 Å². The molecule has 7 nitrogen and oxygen atoms in total. The number of benzene rings is 2. The molecule has 0 aromatic heterocycles. The first kappa shape index (κ1) is 23.2. The SMILES string of the molecule is CCC(NC(=O)c1cccc(S(=O)(=O)N2CC(C)OC(C)C2)c1)c1ccccc1OC. The van der Waals surface area contributed by atoms with Gasteiger partial charge in [-0.3, -0.25) is 4.79 Å². The summed E-state index contributed by atoms with van der Waals surface area (Å²) in [4.78, 5) is 13.1. The smallest absolute Gasteiger partial charge is 0.251 e. The van der Waals surface area contributed by atoms with Crippen LogP contribution >= 0.6 is 0 Å². The Morgan fingerprint density at radius 2 is 1.84 bits per heavy atom. The highest BCUT2D eigenvalue weighted by Gasteiger charge is 2.32. The van der Waals surface area contributed by atoms with Crippen molar-refractivity contribution in [1.29, 1.82) is 0 Å². The average molecular weight is 447 g/mol. The Kier molecular flexibility index (Phi) is 7.35. The zero-order chi connectivity index (χ0) is 22.6. The molecule has 0 bridgehead atoms. The van der Waals surface area contributed by atoms with Crippen molar-refractivity contribution in [1.82, 2.24) is 9.62 Å². The number of morpholine rings is 1. The van der Waals surface area contributed by atoms with Gasteiger partial charge in [0, 0.05) is 24.2 Å². The lowest BCUT2D eigenvalue weighted by Gasteiger charge is -2.34. The highest BCUT2D eigenvalue weighted by Crippen LogP contribution is 2.27. The van der Waals surface area contributed by atoms with Crippen molar-refractivity contribution in [2.45, 2.75) is 50.3 Å². The molecule has 1 fully saturated rings. The van der Waals surface area contributed by atoms with Gasteiger partial charge >= 0.3 is 0 Å². The number of nitrogens with zero attached hydrogens (tertiary/aromatic N) is 1. The first-order chi connectivity index (χ1) is 14.8. The summed E-state index contributed by atoms with van der Waals surface area (Å²) in [5, 5.41) is 3.00. The van der Waals surface area contributed by atoms with Crippen LogP contribution in [0.3, 0.4) is 0 Å². The van der Waals surface area contributed by atoms with E-state index in [2.05, 4.69) is 5.32 Å². The lowest BCUT2D eigenvalue weighted by Crippen LogP contribution is -2.48. The summed E-state index contributed by atoms with van der Waals surface area (Å²) in [5.41, 5.74) is 1.17. The summed E-state index contributed by atoms with van der Waals surface area (Å²) in [6.45, 7) is 6.25. The summed E-state index contributed by atoms with van der Waals surface area (Å²) in [6, 6.07) is 13.4. The number of ether oxygens (including phenoxy) is 2. The maximum Gasteiger partial charge on any atom is 0.251 e. The third-order valence-electron chi connectivity index (χ3n) is 5.35. The van der Waals surface area contributed by atoms with Gasteiger partial charge in [0.15, 0.2) is 0 Å². The molecule has 1 heterocycles. The van der Waals surface area contributed by atoms with Crippen molar-refractivity contribution in [2.75, 3.05) is 20.2 Å². The number of hydrogen-bond acceptors (Lipinski definition) is 5. The maximum absolute atomic E-state index is 13.2.